The van der Waals surface area contributed by atoms with Gasteiger partial charge < -0.3 is 24.6 Å². The van der Waals surface area contributed by atoms with Gasteiger partial charge in [-0.15, -0.1) is 0 Å². The van der Waals surface area contributed by atoms with Crippen molar-refractivity contribution in [3.63, 3.8) is 0 Å². The first kappa shape index (κ1) is 21.1. The predicted octanol–water partition coefficient (Wildman–Crippen LogP) is 2.36. The SMILES string of the molecule is CC(=O)NC(Cc1ccc2c(c1)OCO2)C(=O)N1CCN(c2ccc3ccccc3n2)CC1. The third-order valence-corrected chi connectivity index (χ3v) is 6.05. The van der Waals surface area contributed by atoms with Gasteiger partial charge in [0.15, 0.2) is 11.5 Å². The average molecular weight is 447 g/mol. The first-order valence-corrected chi connectivity index (χ1v) is 11.1. The molecule has 8 heteroatoms. The van der Waals surface area contributed by atoms with Crippen LogP contribution in [0, 0.1) is 0 Å². The molecule has 2 amide bonds. The number of carbonyl (C=O) groups excluding carboxylic acids is 2. The summed E-state index contributed by atoms with van der Waals surface area (Å²) in [6, 6.07) is 17.1. The molecule has 0 bridgehead atoms. The highest BCUT2D eigenvalue weighted by atomic mass is 16.7. The summed E-state index contributed by atoms with van der Waals surface area (Å²) < 4.78 is 10.8. The highest BCUT2D eigenvalue weighted by Crippen LogP contribution is 2.33. The number of benzene rings is 2. The molecule has 1 saturated heterocycles. The summed E-state index contributed by atoms with van der Waals surface area (Å²) in [4.78, 5) is 33.9. The number of para-hydroxylation sites is 1. The van der Waals surface area contributed by atoms with Crippen LogP contribution in [0.15, 0.2) is 54.6 Å². The van der Waals surface area contributed by atoms with E-state index in [2.05, 4.69) is 16.3 Å². The van der Waals surface area contributed by atoms with Gasteiger partial charge in [0.2, 0.25) is 18.6 Å². The van der Waals surface area contributed by atoms with Crippen LogP contribution in [0.2, 0.25) is 0 Å². The minimum atomic E-state index is -0.631. The summed E-state index contributed by atoms with van der Waals surface area (Å²) in [6.45, 7) is 4.16. The van der Waals surface area contributed by atoms with E-state index in [1.807, 2.05) is 53.4 Å². The Kier molecular flexibility index (Phi) is 5.73. The van der Waals surface area contributed by atoms with Gasteiger partial charge in [0.1, 0.15) is 11.9 Å². The molecule has 2 aliphatic heterocycles. The van der Waals surface area contributed by atoms with Crippen molar-refractivity contribution in [2.24, 2.45) is 0 Å². The van der Waals surface area contributed by atoms with Gasteiger partial charge in [0, 0.05) is 44.9 Å². The van der Waals surface area contributed by atoms with Crippen molar-refractivity contribution < 1.29 is 19.1 Å². The van der Waals surface area contributed by atoms with E-state index in [0.717, 1.165) is 22.3 Å². The quantitative estimate of drug-likeness (QED) is 0.648. The summed E-state index contributed by atoms with van der Waals surface area (Å²) in [6.07, 6.45) is 0.390. The predicted molar refractivity (Wildman–Crippen MR) is 124 cm³/mol. The van der Waals surface area contributed by atoms with Crippen molar-refractivity contribution >= 4 is 28.5 Å². The van der Waals surface area contributed by atoms with Gasteiger partial charge >= 0.3 is 0 Å². The maximum absolute atomic E-state index is 13.3. The monoisotopic (exact) mass is 446 g/mol. The first-order chi connectivity index (χ1) is 16.1. The molecule has 2 aromatic carbocycles. The third kappa shape index (κ3) is 4.55. The Hall–Kier alpha value is -3.81. The van der Waals surface area contributed by atoms with Crippen LogP contribution in [0.25, 0.3) is 10.9 Å². The van der Waals surface area contributed by atoms with E-state index in [0.29, 0.717) is 44.1 Å². The Labute approximate surface area is 192 Å². The zero-order valence-electron chi connectivity index (χ0n) is 18.5. The summed E-state index contributed by atoms with van der Waals surface area (Å²) in [5.74, 6) is 1.97. The number of amides is 2. The number of aromatic nitrogens is 1. The zero-order valence-corrected chi connectivity index (χ0v) is 18.5. The van der Waals surface area contributed by atoms with E-state index < -0.39 is 6.04 Å². The molecule has 1 unspecified atom stereocenters. The second-order valence-corrected chi connectivity index (χ2v) is 8.32. The van der Waals surface area contributed by atoms with Gasteiger partial charge in [0.25, 0.3) is 0 Å². The molecule has 1 fully saturated rings. The molecule has 8 nitrogen and oxygen atoms in total. The van der Waals surface area contributed by atoms with E-state index in [-0.39, 0.29) is 18.6 Å². The van der Waals surface area contributed by atoms with E-state index in [9.17, 15) is 9.59 Å². The molecule has 2 aliphatic rings. The maximum atomic E-state index is 13.3. The molecule has 1 N–H and O–H groups in total. The molecule has 33 heavy (non-hydrogen) atoms. The average Bonchev–Trinajstić information content (AvgIpc) is 3.31. The molecule has 3 heterocycles. The number of anilines is 1. The standard InChI is InChI=1S/C25H26N4O4/c1-17(30)26-21(14-18-6-8-22-23(15-18)33-16-32-22)25(31)29-12-10-28(11-13-29)24-9-7-19-4-2-3-5-20(19)27-24/h2-9,15,21H,10-14,16H2,1H3,(H,26,30). The lowest BCUT2D eigenvalue weighted by molar-refractivity contribution is -0.136. The van der Waals surface area contributed by atoms with Crippen molar-refractivity contribution in [3.8, 4) is 11.5 Å². The molecule has 0 spiro atoms. The van der Waals surface area contributed by atoms with Gasteiger partial charge in [-0.1, -0.05) is 24.3 Å². The molecular formula is C25H26N4O4. The fourth-order valence-corrected chi connectivity index (χ4v) is 4.36. The van der Waals surface area contributed by atoms with Crippen LogP contribution in [0.4, 0.5) is 5.82 Å². The van der Waals surface area contributed by atoms with Gasteiger partial charge in [-0.25, -0.2) is 4.98 Å². The molecule has 0 radical (unpaired) electrons. The Morgan fingerprint density at radius 1 is 1.00 bits per heavy atom. The van der Waals surface area contributed by atoms with Crippen LogP contribution in [0.1, 0.15) is 12.5 Å². The Morgan fingerprint density at radius 3 is 2.61 bits per heavy atom. The van der Waals surface area contributed by atoms with Crippen LogP contribution < -0.4 is 19.7 Å². The molecule has 3 aromatic rings. The van der Waals surface area contributed by atoms with Crippen LogP contribution in [-0.4, -0.2) is 60.7 Å². The molecule has 170 valence electrons. The number of carbonyl (C=O) groups is 2. The highest BCUT2D eigenvalue weighted by Gasteiger charge is 2.29. The van der Waals surface area contributed by atoms with Crippen LogP contribution in [0.5, 0.6) is 11.5 Å². The van der Waals surface area contributed by atoms with Gasteiger partial charge in [-0.2, -0.15) is 0 Å². The fourth-order valence-electron chi connectivity index (χ4n) is 4.36. The minimum absolute atomic E-state index is 0.0750. The van der Waals surface area contributed by atoms with Crippen molar-refractivity contribution in [3.05, 3.63) is 60.2 Å². The van der Waals surface area contributed by atoms with Crippen molar-refractivity contribution in [2.75, 3.05) is 37.9 Å². The Bertz CT molecular complexity index is 1190. The number of pyridine rings is 1. The molecule has 5 rings (SSSR count). The lowest BCUT2D eigenvalue weighted by Gasteiger charge is -2.37. The number of ether oxygens (including phenoxy) is 2. The molecule has 0 aliphatic carbocycles. The summed E-state index contributed by atoms with van der Waals surface area (Å²) in [5, 5.41) is 3.94. The van der Waals surface area contributed by atoms with Crippen molar-refractivity contribution in [2.45, 2.75) is 19.4 Å². The Morgan fingerprint density at radius 2 is 1.79 bits per heavy atom. The first-order valence-electron chi connectivity index (χ1n) is 11.1. The fraction of sp³-hybridized carbons (Fsp3) is 0.320. The van der Waals surface area contributed by atoms with Gasteiger partial charge in [0.05, 0.1) is 5.52 Å². The number of nitrogens with zero attached hydrogens (tertiary/aromatic N) is 3. The smallest absolute Gasteiger partial charge is 0.245 e. The number of piperazine rings is 1. The molecule has 1 aromatic heterocycles. The number of fused-ring (bicyclic) bond motifs is 2. The number of nitrogens with one attached hydrogen (secondary N) is 1. The Balaban J connectivity index is 1.25. The van der Waals surface area contributed by atoms with Crippen molar-refractivity contribution in [1.29, 1.82) is 0 Å². The highest BCUT2D eigenvalue weighted by molar-refractivity contribution is 5.87. The lowest BCUT2D eigenvalue weighted by atomic mass is 10.0. The van der Waals surface area contributed by atoms with E-state index in [1.165, 1.54) is 6.92 Å². The van der Waals surface area contributed by atoms with Crippen LogP contribution in [-0.2, 0) is 16.0 Å². The van der Waals surface area contributed by atoms with Crippen LogP contribution >= 0.6 is 0 Å². The van der Waals surface area contributed by atoms with Gasteiger partial charge in [-0.05, 0) is 35.9 Å². The second-order valence-electron chi connectivity index (χ2n) is 8.32. The summed E-state index contributed by atoms with van der Waals surface area (Å²) in [5.41, 5.74) is 1.87. The number of hydrogen-bond acceptors (Lipinski definition) is 6. The molecular weight excluding hydrogens is 420 g/mol. The number of hydrogen-bond donors (Lipinski definition) is 1. The van der Waals surface area contributed by atoms with E-state index in [1.54, 1.807) is 0 Å². The van der Waals surface area contributed by atoms with E-state index in [4.69, 9.17) is 14.5 Å². The summed E-state index contributed by atoms with van der Waals surface area (Å²) >= 11 is 0. The minimum Gasteiger partial charge on any atom is -0.454 e. The maximum Gasteiger partial charge on any atom is 0.245 e. The zero-order chi connectivity index (χ0) is 22.8. The third-order valence-electron chi connectivity index (χ3n) is 6.05. The normalized spacial score (nSPS) is 16.0. The molecule has 0 saturated carbocycles. The largest absolute Gasteiger partial charge is 0.454 e. The topological polar surface area (TPSA) is 84.0 Å². The molecule has 1 atom stereocenters. The van der Waals surface area contributed by atoms with Crippen LogP contribution in [0.3, 0.4) is 0 Å². The summed E-state index contributed by atoms with van der Waals surface area (Å²) in [7, 11) is 0. The van der Waals surface area contributed by atoms with Gasteiger partial charge in [-0.3, -0.25) is 9.59 Å². The number of rotatable bonds is 5. The lowest BCUT2D eigenvalue weighted by Crippen LogP contribution is -2.55. The second kappa shape index (κ2) is 8.97. The van der Waals surface area contributed by atoms with Crippen molar-refractivity contribution in [1.82, 2.24) is 15.2 Å². The van der Waals surface area contributed by atoms with E-state index >= 15 is 0 Å².